The van der Waals surface area contributed by atoms with E-state index >= 15 is 0 Å². The van der Waals surface area contributed by atoms with E-state index in [9.17, 15) is 8.42 Å². The van der Waals surface area contributed by atoms with Crippen LogP contribution >= 0.6 is 0 Å². The number of pyridine rings is 1. The molecule has 0 aliphatic carbocycles. The Balaban J connectivity index is 2.12. The van der Waals surface area contributed by atoms with Crippen LogP contribution in [0.25, 0.3) is 0 Å². The lowest BCUT2D eigenvalue weighted by atomic mass is 10.1. The van der Waals surface area contributed by atoms with Crippen LogP contribution in [0.15, 0.2) is 53.7 Å². The van der Waals surface area contributed by atoms with Crippen LogP contribution in [0.4, 0.5) is 0 Å². The number of benzene rings is 1. The standard InChI is InChI=1S/C17H22N2O2S/c1-3-4-6-15-8-10-17(11-9-15)22(20,21)19(2)14-16-7-5-12-18-13-16/h5,7-13H,3-4,6,14H2,1-2H3. The van der Waals surface area contributed by atoms with Gasteiger partial charge in [0.1, 0.15) is 0 Å². The minimum atomic E-state index is -3.47. The molecule has 2 rings (SSSR count). The minimum Gasteiger partial charge on any atom is -0.264 e. The van der Waals surface area contributed by atoms with Crippen LogP contribution in [0.1, 0.15) is 30.9 Å². The maximum atomic E-state index is 12.6. The molecular weight excluding hydrogens is 296 g/mol. The van der Waals surface area contributed by atoms with Gasteiger partial charge >= 0.3 is 0 Å². The highest BCUT2D eigenvalue weighted by molar-refractivity contribution is 7.89. The van der Waals surface area contributed by atoms with Crippen LogP contribution in [0.2, 0.25) is 0 Å². The van der Waals surface area contributed by atoms with Gasteiger partial charge in [-0.25, -0.2) is 8.42 Å². The van der Waals surface area contributed by atoms with Gasteiger partial charge in [0.2, 0.25) is 10.0 Å². The molecular formula is C17H22N2O2S. The molecule has 4 nitrogen and oxygen atoms in total. The van der Waals surface area contributed by atoms with Crippen molar-refractivity contribution in [2.75, 3.05) is 7.05 Å². The van der Waals surface area contributed by atoms with Gasteiger partial charge in [0.25, 0.3) is 0 Å². The SMILES string of the molecule is CCCCc1ccc(S(=O)(=O)N(C)Cc2cccnc2)cc1. The molecule has 1 aromatic carbocycles. The molecule has 1 aromatic heterocycles. The van der Waals surface area contributed by atoms with E-state index in [1.54, 1.807) is 37.6 Å². The van der Waals surface area contributed by atoms with E-state index in [1.165, 1.54) is 9.87 Å². The van der Waals surface area contributed by atoms with Crippen LogP contribution in [-0.4, -0.2) is 24.8 Å². The highest BCUT2D eigenvalue weighted by Gasteiger charge is 2.20. The van der Waals surface area contributed by atoms with E-state index in [-0.39, 0.29) is 0 Å². The van der Waals surface area contributed by atoms with E-state index in [0.717, 1.165) is 24.8 Å². The van der Waals surface area contributed by atoms with Crippen molar-refractivity contribution in [3.8, 4) is 0 Å². The number of sulfonamides is 1. The lowest BCUT2D eigenvalue weighted by Gasteiger charge is -2.17. The molecule has 0 saturated heterocycles. The van der Waals surface area contributed by atoms with Crippen molar-refractivity contribution in [1.29, 1.82) is 0 Å². The van der Waals surface area contributed by atoms with Gasteiger partial charge in [-0.15, -0.1) is 0 Å². The maximum Gasteiger partial charge on any atom is 0.243 e. The Hall–Kier alpha value is -1.72. The molecule has 1 heterocycles. The van der Waals surface area contributed by atoms with E-state index in [4.69, 9.17) is 0 Å². The van der Waals surface area contributed by atoms with Crippen molar-refractivity contribution in [3.63, 3.8) is 0 Å². The van der Waals surface area contributed by atoms with Crippen molar-refractivity contribution in [2.45, 2.75) is 37.6 Å². The monoisotopic (exact) mass is 318 g/mol. The number of hydrogen-bond donors (Lipinski definition) is 0. The highest BCUT2D eigenvalue weighted by Crippen LogP contribution is 2.18. The predicted molar refractivity (Wildman–Crippen MR) is 87.9 cm³/mol. The molecule has 5 heteroatoms. The molecule has 22 heavy (non-hydrogen) atoms. The Labute approximate surface area is 132 Å². The molecule has 0 aliphatic rings. The average Bonchev–Trinajstić information content (AvgIpc) is 2.54. The van der Waals surface area contributed by atoms with E-state index in [1.807, 2.05) is 18.2 Å². The largest absolute Gasteiger partial charge is 0.264 e. The number of nitrogens with zero attached hydrogens (tertiary/aromatic N) is 2. The fraction of sp³-hybridized carbons (Fsp3) is 0.353. The molecule has 0 atom stereocenters. The number of unbranched alkanes of at least 4 members (excludes halogenated alkanes) is 1. The van der Waals surface area contributed by atoms with Gasteiger partial charge in [0.15, 0.2) is 0 Å². The summed E-state index contributed by atoms with van der Waals surface area (Å²) in [6, 6.07) is 10.9. The fourth-order valence-electron chi connectivity index (χ4n) is 2.22. The Bertz CT molecular complexity index is 682. The maximum absolute atomic E-state index is 12.6. The van der Waals surface area contributed by atoms with Crippen molar-refractivity contribution < 1.29 is 8.42 Å². The number of hydrogen-bond acceptors (Lipinski definition) is 3. The number of aryl methyl sites for hydroxylation is 1. The van der Waals surface area contributed by atoms with Gasteiger partial charge in [-0.1, -0.05) is 31.5 Å². The summed E-state index contributed by atoms with van der Waals surface area (Å²) in [5, 5.41) is 0. The van der Waals surface area contributed by atoms with Gasteiger partial charge in [-0.2, -0.15) is 4.31 Å². The second kappa shape index (κ2) is 7.51. The quantitative estimate of drug-likeness (QED) is 0.787. The third-order valence-electron chi connectivity index (χ3n) is 3.58. The third-order valence-corrected chi connectivity index (χ3v) is 5.40. The summed E-state index contributed by atoms with van der Waals surface area (Å²) in [7, 11) is -1.88. The molecule has 0 saturated carbocycles. The first-order valence-corrected chi connectivity index (χ1v) is 8.92. The molecule has 0 aliphatic heterocycles. The predicted octanol–water partition coefficient (Wildman–Crippen LogP) is 3.24. The fourth-order valence-corrected chi connectivity index (χ4v) is 3.38. The van der Waals surface area contributed by atoms with Crippen molar-refractivity contribution in [1.82, 2.24) is 9.29 Å². The summed E-state index contributed by atoms with van der Waals surface area (Å²) in [6.45, 7) is 2.46. The Morgan fingerprint density at radius 1 is 1.09 bits per heavy atom. The van der Waals surface area contributed by atoms with Gasteiger partial charge < -0.3 is 0 Å². The summed E-state index contributed by atoms with van der Waals surface area (Å²) in [5.74, 6) is 0. The van der Waals surface area contributed by atoms with Crippen LogP contribution < -0.4 is 0 Å². The van der Waals surface area contributed by atoms with Gasteiger partial charge in [0, 0.05) is 26.0 Å². The molecule has 0 bridgehead atoms. The van der Waals surface area contributed by atoms with E-state index < -0.39 is 10.0 Å². The summed E-state index contributed by atoms with van der Waals surface area (Å²) in [6.07, 6.45) is 6.59. The molecule has 0 N–H and O–H groups in total. The molecule has 0 spiro atoms. The number of aromatic nitrogens is 1. The van der Waals surface area contributed by atoms with Crippen LogP contribution in [-0.2, 0) is 23.0 Å². The molecule has 0 unspecified atom stereocenters. The lowest BCUT2D eigenvalue weighted by molar-refractivity contribution is 0.466. The van der Waals surface area contributed by atoms with Gasteiger partial charge in [0.05, 0.1) is 4.90 Å². The second-order valence-corrected chi connectivity index (χ2v) is 7.41. The topological polar surface area (TPSA) is 50.3 Å². The van der Waals surface area contributed by atoms with Crippen LogP contribution in [0.5, 0.6) is 0 Å². The molecule has 118 valence electrons. The van der Waals surface area contributed by atoms with Crippen molar-refractivity contribution in [2.24, 2.45) is 0 Å². The molecule has 0 radical (unpaired) electrons. The Morgan fingerprint density at radius 2 is 1.82 bits per heavy atom. The Morgan fingerprint density at radius 3 is 2.41 bits per heavy atom. The first kappa shape index (κ1) is 16.6. The van der Waals surface area contributed by atoms with Crippen molar-refractivity contribution >= 4 is 10.0 Å². The first-order valence-electron chi connectivity index (χ1n) is 7.48. The zero-order valence-electron chi connectivity index (χ0n) is 13.1. The number of rotatable bonds is 7. The summed E-state index contributed by atoms with van der Waals surface area (Å²) in [5.41, 5.74) is 2.05. The summed E-state index contributed by atoms with van der Waals surface area (Å²) in [4.78, 5) is 4.34. The molecule has 0 fully saturated rings. The first-order chi connectivity index (χ1) is 10.5. The highest BCUT2D eigenvalue weighted by atomic mass is 32.2. The summed E-state index contributed by atoms with van der Waals surface area (Å²) >= 11 is 0. The van der Waals surface area contributed by atoms with Gasteiger partial charge in [-0.3, -0.25) is 4.98 Å². The van der Waals surface area contributed by atoms with Crippen LogP contribution in [0.3, 0.4) is 0 Å². The smallest absolute Gasteiger partial charge is 0.243 e. The zero-order chi connectivity index (χ0) is 16.0. The summed E-state index contributed by atoms with van der Waals surface area (Å²) < 4.78 is 26.5. The van der Waals surface area contributed by atoms with Crippen LogP contribution in [0, 0.1) is 0 Å². The second-order valence-electron chi connectivity index (χ2n) is 5.37. The average molecular weight is 318 g/mol. The lowest BCUT2D eigenvalue weighted by Crippen LogP contribution is -2.26. The molecule has 2 aromatic rings. The van der Waals surface area contributed by atoms with E-state index in [0.29, 0.717) is 11.4 Å². The van der Waals surface area contributed by atoms with Gasteiger partial charge in [-0.05, 0) is 42.2 Å². The molecule has 0 amide bonds. The van der Waals surface area contributed by atoms with Crippen molar-refractivity contribution in [3.05, 3.63) is 59.9 Å². The zero-order valence-corrected chi connectivity index (χ0v) is 13.9. The third kappa shape index (κ3) is 4.15. The minimum absolute atomic E-state index is 0.313. The van der Waals surface area contributed by atoms with E-state index in [2.05, 4.69) is 11.9 Å². The normalized spacial score (nSPS) is 11.8. The Kier molecular flexibility index (Phi) is 5.69.